The maximum Gasteiger partial charge on any atom is 0.319 e. The zero-order chi connectivity index (χ0) is 18.6. The van der Waals surface area contributed by atoms with Gasteiger partial charge in [0, 0.05) is 11.3 Å². The molecule has 0 aliphatic rings. The van der Waals surface area contributed by atoms with Gasteiger partial charge < -0.3 is 24.9 Å². The second-order valence-electron chi connectivity index (χ2n) is 6.32. The SMILES string of the molecule is CCOc1ccc(NC(=O)NCC(C)(O)c2cc(C)oc2C)c(C)c1. The van der Waals surface area contributed by atoms with Crippen LogP contribution in [0.4, 0.5) is 10.5 Å². The van der Waals surface area contributed by atoms with Crippen molar-refractivity contribution in [2.45, 2.75) is 40.2 Å². The Morgan fingerprint density at radius 2 is 2.00 bits per heavy atom. The van der Waals surface area contributed by atoms with Crippen LogP contribution in [0.1, 0.15) is 36.5 Å². The number of aryl methyl sites for hydroxylation is 3. The first kappa shape index (κ1) is 18.9. The molecule has 0 radical (unpaired) electrons. The number of rotatable bonds is 6. The fraction of sp³-hybridized carbons (Fsp3) is 0.421. The largest absolute Gasteiger partial charge is 0.494 e. The van der Waals surface area contributed by atoms with Crippen molar-refractivity contribution in [3.05, 3.63) is 46.9 Å². The number of amides is 2. The van der Waals surface area contributed by atoms with Crippen LogP contribution in [0.3, 0.4) is 0 Å². The summed E-state index contributed by atoms with van der Waals surface area (Å²) in [5, 5.41) is 16.1. The molecule has 0 fully saturated rings. The second kappa shape index (κ2) is 7.61. The van der Waals surface area contributed by atoms with Gasteiger partial charge in [-0.15, -0.1) is 0 Å². The molecule has 2 amide bonds. The number of carbonyl (C=O) groups is 1. The summed E-state index contributed by atoms with van der Waals surface area (Å²) < 4.78 is 10.9. The van der Waals surface area contributed by atoms with Gasteiger partial charge in [0.25, 0.3) is 0 Å². The lowest BCUT2D eigenvalue weighted by atomic mass is 9.96. The number of benzene rings is 1. The van der Waals surface area contributed by atoms with Gasteiger partial charge >= 0.3 is 6.03 Å². The molecule has 0 spiro atoms. The van der Waals surface area contributed by atoms with Gasteiger partial charge in [-0.25, -0.2) is 4.79 Å². The Bertz CT molecular complexity index is 750. The van der Waals surface area contributed by atoms with E-state index in [2.05, 4.69) is 10.6 Å². The van der Waals surface area contributed by atoms with E-state index in [-0.39, 0.29) is 12.6 Å². The summed E-state index contributed by atoms with van der Waals surface area (Å²) >= 11 is 0. The van der Waals surface area contributed by atoms with Crippen LogP contribution in [0.25, 0.3) is 0 Å². The van der Waals surface area contributed by atoms with Gasteiger partial charge in [0.2, 0.25) is 0 Å². The van der Waals surface area contributed by atoms with Crippen molar-refractivity contribution in [1.82, 2.24) is 5.32 Å². The summed E-state index contributed by atoms with van der Waals surface area (Å²) in [7, 11) is 0. The molecule has 6 nitrogen and oxygen atoms in total. The number of anilines is 1. The first-order valence-corrected chi connectivity index (χ1v) is 8.31. The molecule has 1 unspecified atom stereocenters. The summed E-state index contributed by atoms with van der Waals surface area (Å²) in [5.74, 6) is 2.13. The summed E-state index contributed by atoms with van der Waals surface area (Å²) in [6.45, 7) is 9.73. The predicted molar refractivity (Wildman–Crippen MR) is 97.1 cm³/mol. The number of furan rings is 1. The Morgan fingerprint density at radius 3 is 2.56 bits per heavy atom. The molecule has 25 heavy (non-hydrogen) atoms. The molecule has 2 rings (SSSR count). The van der Waals surface area contributed by atoms with E-state index in [1.54, 1.807) is 32.0 Å². The minimum absolute atomic E-state index is 0.0642. The highest BCUT2D eigenvalue weighted by Crippen LogP contribution is 2.26. The number of aliphatic hydroxyl groups is 1. The van der Waals surface area contributed by atoms with Crippen LogP contribution in [0, 0.1) is 20.8 Å². The molecule has 136 valence electrons. The molecule has 1 heterocycles. The Kier molecular flexibility index (Phi) is 5.74. The first-order chi connectivity index (χ1) is 11.7. The molecular formula is C19H26N2O4. The molecule has 0 saturated heterocycles. The summed E-state index contributed by atoms with van der Waals surface area (Å²) in [6, 6.07) is 6.87. The van der Waals surface area contributed by atoms with Gasteiger partial charge in [0.1, 0.15) is 22.9 Å². The van der Waals surface area contributed by atoms with Crippen molar-refractivity contribution in [3.63, 3.8) is 0 Å². The molecule has 6 heteroatoms. The van der Waals surface area contributed by atoms with Crippen molar-refractivity contribution in [1.29, 1.82) is 0 Å². The van der Waals surface area contributed by atoms with Gasteiger partial charge in [0.15, 0.2) is 0 Å². The van der Waals surface area contributed by atoms with Crippen LogP contribution in [-0.4, -0.2) is 24.3 Å². The molecular weight excluding hydrogens is 320 g/mol. The molecule has 1 aromatic heterocycles. The number of ether oxygens (including phenoxy) is 1. The monoisotopic (exact) mass is 346 g/mol. The maximum atomic E-state index is 12.2. The molecule has 0 saturated carbocycles. The molecule has 1 atom stereocenters. The average molecular weight is 346 g/mol. The third-order valence-electron chi connectivity index (χ3n) is 3.97. The van der Waals surface area contributed by atoms with E-state index in [1.165, 1.54) is 0 Å². The van der Waals surface area contributed by atoms with E-state index < -0.39 is 5.60 Å². The number of urea groups is 1. The van der Waals surface area contributed by atoms with E-state index in [0.29, 0.717) is 23.6 Å². The Balaban J connectivity index is 1.97. The van der Waals surface area contributed by atoms with Crippen LogP contribution in [0.2, 0.25) is 0 Å². The van der Waals surface area contributed by atoms with Gasteiger partial charge in [-0.2, -0.15) is 0 Å². The minimum atomic E-state index is -1.22. The topological polar surface area (TPSA) is 83.7 Å². The first-order valence-electron chi connectivity index (χ1n) is 8.31. The summed E-state index contributed by atoms with van der Waals surface area (Å²) in [6.07, 6.45) is 0. The Morgan fingerprint density at radius 1 is 1.28 bits per heavy atom. The lowest BCUT2D eigenvalue weighted by Crippen LogP contribution is -2.40. The molecule has 2 aromatic rings. The minimum Gasteiger partial charge on any atom is -0.494 e. The van der Waals surface area contributed by atoms with Crippen LogP contribution in [-0.2, 0) is 5.60 Å². The number of hydrogen-bond donors (Lipinski definition) is 3. The van der Waals surface area contributed by atoms with Crippen molar-refractivity contribution < 1.29 is 19.1 Å². The highest BCUT2D eigenvalue weighted by atomic mass is 16.5. The highest BCUT2D eigenvalue weighted by molar-refractivity contribution is 5.90. The van der Waals surface area contributed by atoms with E-state index in [1.807, 2.05) is 26.8 Å². The van der Waals surface area contributed by atoms with E-state index in [4.69, 9.17) is 9.15 Å². The van der Waals surface area contributed by atoms with Gasteiger partial charge in [-0.05, 0) is 64.4 Å². The quantitative estimate of drug-likeness (QED) is 0.746. The van der Waals surface area contributed by atoms with Crippen molar-refractivity contribution in [2.24, 2.45) is 0 Å². The van der Waals surface area contributed by atoms with Crippen molar-refractivity contribution >= 4 is 11.7 Å². The number of hydrogen-bond acceptors (Lipinski definition) is 4. The normalized spacial score (nSPS) is 13.2. The predicted octanol–water partition coefficient (Wildman–Crippen LogP) is 3.63. The molecule has 0 bridgehead atoms. The lowest BCUT2D eigenvalue weighted by Gasteiger charge is -2.23. The molecule has 1 aromatic carbocycles. The fourth-order valence-corrected chi connectivity index (χ4v) is 2.71. The lowest BCUT2D eigenvalue weighted by molar-refractivity contribution is 0.0584. The highest BCUT2D eigenvalue weighted by Gasteiger charge is 2.28. The third-order valence-corrected chi connectivity index (χ3v) is 3.97. The molecule has 0 aliphatic carbocycles. The molecule has 3 N–H and O–H groups in total. The standard InChI is InChI=1S/C19H26N2O4/c1-6-24-15-7-8-17(12(2)9-15)21-18(22)20-11-19(5,23)16-10-13(3)25-14(16)4/h7-10,23H,6,11H2,1-5H3,(H2,20,21,22). The zero-order valence-corrected chi connectivity index (χ0v) is 15.4. The molecule has 0 aliphatic heterocycles. The van der Waals surface area contributed by atoms with E-state index in [0.717, 1.165) is 17.1 Å². The summed E-state index contributed by atoms with van der Waals surface area (Å²) in [4.78, 5) is 12.2. The van der Waals surface area contributed by atoms with Crippen molar-refractivity contribution in [2.75, 3.05) is 18.5 Å². The van der Waals surface area contributed by atoms with Gasteiger partial charge in [-0.3, -0.25) is 0 Å². The zero-order valence-electron chi connectivity index (χ0n) is 15.4. The maximum absolute atomic E-state index is 12.2. The van der Waals surface area contributed by atoms with Crippen LogP contribution >= 0.6 is 0 Å². The number of nitrogens with one attached hydrogen (secondary N) is 2. The van der Waals surface area contributed by atoms with Crippen LogP contribution in [0.15, 0.2) is 28.7 Å². The van der Waals surface area contributed by atoms with Crippen LogP contribution < -0.4 is 15.4 Å². The van der Waals surface area contributed by atoms with E-state index >= 15 is 0 Å². The van der Waals surface area contributed by atoms with Gasteiger partial charge in [0.05, 0.1) is 13.2 Å². The smallest absolute Gasteiger partial charge is 0.319 e. The third kappa shape index (κ3) is 4.76. The second-order valence-corrected chi connectivity index (χ2v) is 6.32. The van der Waals surface area contributed by atoms with Crippen molar-refractivity contribution in [3.8, 4) is 5.75 Å². The Hall–Kier alpha value is -2.47. The van der Waals surface area contributed by atoms with E-state index in [9.17, 15) is 9.90 Å². The Labute approximate surface area is 148 Å². The fourth-order valence-electron chi connectivity index (χ4n) is 2.71. The summed E-state index contributed by atoms with van der Waals surface area (Å²) in [5.41, 5.74) is 1.04. The van der Waals surface area contributed by atoms with Crippen LogP contribution in [0.5, 0.6) is 5.75 Å². The number of carbonyl (C=O) groups excluding carboxylic acids is 1. The average Bonchev–Trinajstić information content (AvgIpc) is 2.88. The van der Waals surface area contributed by atoms with Gasteiger partial charge in [-0.1, -0.05) is 0 Å².